The minimum Gasteiger partial charge on any atom is -0.543 e. The number of rotatable bonds is 5. The highest BCUT2D eigenvalue weighted by molar-refractivity contribution is 6.05. The monoisotopic (exact) mass is 370 g/mol. The first-order valence-corrected chi connectivity index (χ1v) is 9.86. The Morgan fingerprint density at radius 1 is 1.26 bits per heavy atom. The Morgan fingerprint density at radius 3 is 2.52 bits per heavy atom. The van der Waals surface area contributed by atoms with Gasteiger partial charge in [-0.05, 0) is 43.7 Å². The highest BCUT2D eigenvalue weighted by atomic mass is 16.4. The summed E-state index contributed by atoms with van der Waals surface area (Å²) in [6, 6.07) is 7.73. The zero-order valence-corrected chi connectivity index (χ0v) is 15.6. The number of nitrogens with zero attached hydrogens (tertiary/aromatic N) is 1. The summed E-state index contributed by atoms with van der Waals surface area (Å²) in [4.78, 5) is 26.9. The predicted octanol–water partition coefficient (Wildman–Crippen LogP) is -0.672. The molecular weight excluding hydrogens is 344 g/mol. The predicted molar refractivity (Wildman–Crippen MR) is 97.0 cm³/mol. The van der Waals surface area contributed by atoms with Gasteiger partial charge in [-0.2, -0.15) is 0 Å². The van der Waals surface area contributed by atoms with Gasteiger partial charge in [0.1, 0.15) is 6.54 Å². The average molecular weight is 370 g/mol. The van der Waals surface area contributed by atoms with Crippen LogP contribution in [0, 0.1) is 5.92 Å². The van der Waals surface area contributed by atoms with Crippen molar-refractivity contribution < 1.29 is 24.7 Å². The quantitative estimate of drug-likeness (QED) is 0.673. The fourth-order valence-electron chi connectivity index (χ4n) is 4.86. The molecule has 144 valence electrons. The maximum atomic E-state index is 12.3. The number of hydrogen-bond donors (Lipinski definition) is 2. The van der Waals surface area contributed by atoms with Crippen LogP contribution >= 0.6 is 0 Å². The number of carboxylic acid groups (broad SMARTS) is 1. The van der Waals surface area contributed by atoms with Crippen LogP contribution in [0.25, 0.3) is 5.57 Å². The first-order chi connectivity index (χ1) is 13.0. The van der Waals surface area contributed by atoms with E-state index in [1.54, 1.807) is 11.8 Å². The number of β-lactam (4-membered cyclic amide) rings is 1. The summed E-state index contributed by atoms with van der Waals surface area (Å²) in [6.45, 7) is 4.99. The van der Waals surface area contributed by atoms with Gasteiger partial charge in [0.2, 0.25) is 5.91 Å². The third kappa shape index (κ3) is 3.17. The van der Waals surface area contributed by atoms with Crippen molar-refractivity contribution in [1.82, 2.24) is 4.90 Å². The Bertz CT molecular complexity index is 778. The smallest absolute Gasteiger partial charge is 0.235 e. The largest absolute Gasteiger partial charge is 0.543 e. The molecule has 6 heteroatoms. The Hall–Kier alpha value is -2.18. The Kier molecular flexibility index (Phi) is 4.78. The minimum atomic E-state index is -1.33. The van der Waals surface area contributed by atoms with Gasteiger partial charge in [0.25, 0.3) is 0 Å². The second-order valence-electron chi connectivity index (χ2n) is 8.05. The molecular formula is C21H26N2O4. The van der Waals surface area contributed by atoms with Crippen LogP contribution < -0.4 is 10.0 Å². The van der Waals surface area contributed by atoms with E-state index in [1.165, 1.54) is 42.8 Å². The van der Waals surface area contributed by atoms with Crippen molar-refractivity contribution in [3.63, 3.8) is 0 Å². The molecule has 1 aromatic carbocycles. The number of fused-ring (bicyclic) bond motifs is 1. The third-order valence-corrected chi connectivity index (χ3v) is 6.24. The number of benzene rings is 1. The highest BCUT2D eigenvalue weighted by Gasteiger charge is 2.55. The summed E-state index contributed by atoms with van der Waals surface area (Å²) in [5, 5.41) is 21.5. The summed E-state index contributed by atoms with van der Waals surface area (Å²) in [6.07, 6.45) is 3.56. The number of aliphatic hydroxyl groups excluding tert-OH is 1. The zero-order chi connectivity index (χ0) is 19.1. The number of carboxylic acids is 1. The van der Waals surface area contributed by atoms with E-state index in [9.17, 15) is 19.8 Å². The summed E-state index contributed by atoms with van der Waals surface area (Å²) < 4.78 is 0. The van der Waals surface area contributed by atoms with Crippen LogP contribution in [-0.2, 0) is 16.1 Å². The van der Waals surface area contributed by atoms with Crippen molar-refractivity contribution in [2.75, 3.05) is 13.1 Å². The van der Waals surface area contributed by atoms with Crippen LogP contribution in [0.4, 0.5) is 0 Å². The van der Waals surface area contributed by atoms with Crippen molar-refractivity contribution in [2.24, 2.45) is 5.92 Å². The molecule has 2 fully saturated rings. The number of aliphatic hydroxyl groups is 1. The summed E-state index contributed by atoms with van der Waals surface area (Å²) >= 11 is 0. The van der Waals surface area contributed by atoms with Gasteiger partial charge in [-0.1, -0.05) is 24.3 Å². The fourth-order valence-corrected chi connectivity index (χ4v) is 4.86. The van der Waals surface area contributed by atoms with Crippen LogP contribution in [0.15, 0.2) is 30.0 Å². The highest BCUT2D eigenvalue weighted by Crippen LogP contribution is 2.46. The maximum absolute atomic E-state index is 12.3. The molecule has 0 radical (unpaired) electrons. The SMILES string of the molecule is C[C@@H](O)[C@H]1C(=O)N2C(C(=O)[O-])=C(c3ccc(C[NH+]4CCCCC4)cc3)C[C@H]12. The van der Waals surface area contributed by atoms with Gasteiger partial charge in [-0.3, -0.25) is 4.79 Å². The molecule has 0 unspecified atom stereocenters. The average Bonchev–Trinajstić information content (AvgIpc) is 2.98. The number of carbonyl (C=O) groups is 2. The third-order valence-electron chi connectivity index (χ3n) is 6.24. The van der Waals surface area contributed by atoms with E-state index in [-0.39, 0.29) is 17.6 Å². The lowest BCUT2D eigenvalue weighted by Gasteiger charge is -2.45. The lowest BCUT2D eigenvalue weighted by atomic mass is 9.82. The number of aliphatic carboxylic acids is 1. The summed E-state index contributed by atoms with van der Waals surface area (Å²) in [5.74, 6) is -2.18. The zero-order valence-electron chi connectivity index (χ0n) is 15.6. The molecule has 3 heterocycles. The van der Waals surface area contributed by atoms with Crippen LogP contribution in [0.1, 0.15) is 43.7 Å². The topological polar surface area (TPSA) is 85.1 Å². The normalized spacial score (nSPS) is 26.7. The number of amides is 1. The van der Waals surface area contributed by atoms with Crippen molar-refractivity contribution in [2.45, 2.75) is 51.3 Å². The van der Waals surface area contributed by atoms with Gasteiger partial charge < -0.3 is 24.8 Å². The van der Waals surface area contributed by atoms with Crippen LogP contribution in [-0.4, -0.2) is 47.1 Å². The van der Waals surface area contributed by atoms with Crippen LogP contribution in [0.5, 0.6) is 0 Å². The second kappa shape index (κ2) is 7.09. The lowest BCUT2D eigenvalue weighted by molar-refractivity contribution is -0.918. The number of piperidine rings is 1. The van der Waals surface area contributed by atoms with Crippen LogP contribution in [0.3, 0.4) is 0 Å². The molecule has 0 bridgehead atoms. The molecule has 2 N–H and O–H groups in total. The molecule has 0 saturated carbocycles. The van der Waals surface area contributed by atoms with E-state index in [4.69, 9.17) is 0 Å². The molecule has 4 rings (SSSR count). The molecule has 3 atom stereocenters. The van der Waals surface area contributed by atoms with Gasteiger partial charge >= 0.3 is 0 Å². The second-order valence-corrected chi connectivity index (χ2v) is 8.05. The standard InChI is InChI=1S/C21H26N2O4/c1-13(24)18-17-11-16(19(21(26)27)23(17)20(18)25)15-7-5-14(6-8-15)12-22-9-3-2-4-10-22/h5-8,13,17-18,24H,2-4,9-12H2,1H3,(H,26,27)/t13-,17-,18-/m1/s1. The summed E-state index contributed by atoms with van der Waals surface area (Å²) in [5.41, 5.74) is 2.66. The van der Waals surface area contributed by atoms with E-state index in [0.29, 0.717) is 12.0 Å². The molecule has 3 aliphatic rings. The van der Waals surface area contributed by atoms with Gasteiger partial charge in [-0.25, -0.2) is 0 Å². The molecule has 1 amide bonds. The summed E-state index contributed by atoms with van der Waals surface area (Å²) in [7, 11) is 0. The number of quaternary nitrogens is 1. The van der Waals surface area contributed by atoms with E-state index in [1.807, 2.05) is 12.1 Å². The Balaban J connectivity index is 1.55. The molecule has 0 spiro atoms. The lowest BCUT2D eigenvalue weighted by Crippen LogP contribution is -3.11. The first kappa shape index (κ1) is 18.2. The van der Waals surface area contributed by atoms with E-state index < -0.39 is 18.0 Å². The molecule has 2 saturated heterocycles. The van der Waals surface area contributed by atoms with Crippen molar-refractivity contribution in [3.8, 4) is 0 Å². The fraction of sp³-hybridized carbons (Fsp3) is 0.524. The molecule has 1 aromatic rings. The maximum Gasteiger partial charge on any atom is 0.235 e. The Labute approximate surface area is 159 Å². The van der Waals surface area contributed by atoms with Crippen molar-refractivity contribution in [3.05, 3.63) is 41.1 Å². The van der Waals surface area contributed by atoms with Crippen molar-refractivity contribution in [1.29, 1.82) is 0 Å². The minimum absolute atomic E-state index is 0.0312. The first-order valence-electron chi connectivity index (χ1n) is 9.86. The number of carbonyl (C=O) groups excluding carboxylic acids is 2. The van der Waals surface area contributed by atoms with Gasteiger partial charge in [0.05, 0.1) is 42.8 Å². The van der Waals surface area contributed by atoms with Crippen LogP contribution in [0.2, 0.25) is 0 Å². The van der Waals surface area contributed by atoms with E-state index >= 15 is 0 Å². The van der Waals surface area contributed by atoms with Gasteiger partial charge in [0, 0.05) is 5.56 Å². The number of likely N-dealkylation sites (tertiary alicyclic amines) is 1. The van der Waals surface area contributed by atoms with Crippen molar-refractivity contribution >= 4 is 17.4 Å². The van der Waals surface area contributed by atoms with Gasteiger partial charge in [0.15, 0.2) is 0 Å². The number of hydrogen-bond acceptors (Lipinski definition) is 4. The van der Waals surface area contributed by atoms with Gasteiger partial charge in [-0.15, -0.1) is 0 Å². The van der Waals surface area contributed by atoms with E-state index in [0.717, 1.165) is 12.1 Å². The molecule has 27 heavy (non-hydrogen) atoms. The molecule has 3 aliphatic heterocycles. The molecule has 0 aromatic heterocycles. The molecule has 6 nitrogen and oxygen atoms in total. The number of nitrogens with one attached hydrogen (secondary N) is 1. The molecule has 0 aliphatic carbocycles. The Morgan fingerprint density at radius 2 is 1.93 bits per heavy atom. The van der Waals surface area contributed by atoms with E-state index in [2.05, 4.69) is 12.1 Å².